The summed E-state index contributed by atoms with van der Waals surface area (Å²) in [5, 5.41) is 9.14. The zero-order valence-electron chi connectivity index (χ0n) is 16.5. The molecule has 29 heavy (non-hydrogen) atoms. The molecule has 2 amide bonds. The molecule has 2 aliphatic heterocycles. The Hall–Kier alpha value is -2.89. The van der Waals surface area contributed by atoms with Crippen molar-refractivity contribution in [1.82, 2.24) is 25.0 Å². The Morgan fingerprint density at radius 1 is 1.17 bits per heavy atom. The molecule has 148 valence electrons. The summed E-state index contributed by atoms with van der Waals surface area (Å²) in [4.78, 5) is 19.2. The first-order chi connectivity index (χ1) is 14.2. The van der Waals surface area contributed by atoms with Gasteiger partial charge in [0.15, 0.2) is 0 Å². The van der Waals surface area contributed by atoms with E-state index in [1.807, 2.05) is 29.3 Å². The Balaban J connectivity index is 1.25. The first-order valence-corrected chi connectivity index (χ1v) is 10.7. The smallest absolute Gasteiger partial charge is 0.317 e. The van der Waals surface area contributed by atoms with Gasteiger partial charge in [0.05, 0.1) is 11.2 Å². The zero-order chi connectivity index (χ0) is 19.4. The monoisotopic (exact) mass is 387 g/mol. The van der Waals surface area contributed by atoms with E-state index < -0.39 is 0 Å². The highest BCUT2D eigenvalue weighted by molar-refractivity contribution is 5.82. The standard InChI is InChI=1S/C23H25N5O/c29-22(25-13-16-5-6-16)27-9-7-23(15-27)8-10-28-21(23)12-20(26-28)18-11-17-3-1-2-4-19(17)24-14-18/h1-4,11-12,14,16H,5-10,13,15H2,(H,25,29). The summed E-state index contributed by atoms with van der Waals surface area (Å²) < 4.78 is 2.15. The molecule has 3 aromatic rings. The van der Waals surface area contributed by atoms with Gasteiger partial charge in [0.1, 0.15) is 0 Å². The fraction of sp³-hybridized carbons (Fsp3) is 0.435. The molecule has 3 aliphatic rings. The summed E-state index contributed by atoms with van der Waals surface area (Å²) in [5.74, 6) is 0.710. The van der Waals surface area contributed by atoms with E-state index in [0.717, 1.165) is 61.2 Å². The lowest BCUT2D eigenvalue weighted by Gasteiger charge is -2.23. The molecule has 2 aromatic heterocycles. The number of rotatable bonds is 3. The van der Waals surface area contributed by atoms with Crippen LogP contribution in [-0.4, -0.2) is 45.3 Å². The van der Waals surface area contributed by atoms with Gasteiger partial charge in [-0.15, -0.1) is 0 Å². The molecule has 1 saturated heterocycles. The van der Waals surface area contributed by atoms with Crippen molar-refractivity contribution in [3.63, 3.8) is 0 Å². The van der Waals surface area contributed by atoms with Crippen LogP contribution in [0.4, 0.5) is 4.79 Å². The van der Waals surface area contributed by atoms with Crippen molar-refractivity contribution < 1.29 is 4.79 Å². The minimum Gasteiger partial charge on any atom is -0.338 e. The van der Waals surface area contributed by atoms with Gasteiger partial charge in [-0.1, -0.05) is 18.2 Å². The highest BCUT2D eigenvalue weighted by Gasteiger charge is 2.47. The quantitative estimate of drug-likeness (QED) is 0.747. The number of nitrogens with zero attached hydrogens (tertiary/aromatic N) is 4. The number of likely N-dealkylation sites (tertiary alicyclic amines) is 1. The van der Waals surface area contributed by atoms with E-state index in [9.17, 15) is 4.79 Å². The van der Waals surface area contributed by atoms with Crippen LogP contribution in [0.2, 0.25) is 0 Å². The lowest BCUT2D eigenvalue weighted by molar-refractivity contribution is 0.205. The van der Waals surface area contributed by atoms with E-state index in [1.165, 1.54) is 18.5 Å². The Kier molecular flexibility index (Phi) is 3.70. The van der Waals surface area contributed by atoms with Crippen molar-refractivity contribution in [2.24, 2.45) is 5.92 Å². The van der Waals surface area contributed by atoms with Crippen LogP contribution < -0.4 is 5.32 Å². The molecule has 1 atom stereocenters. The van der Waals surface area contributed by atoms with Gasteiger partial charge < -0.3 is 10.2 Å². The maximum Gasteiger partial charge on any atom is 0.317 e. The molecule has 0 radical (unpaired) electrons. The summed E-state index contributed by atoms with van der Waals surface area (Å²) in [5.41, 5.74) is 4.36. The van der Waals surface area contributed by atoms with Crippen LogP contribution in [0.15, 0.2) is 42.6 Å². The van der Waals surface area contributed by atoms with E-state index in [-0.39, 0.29) is 11.4 Å². The number of benzene rings is 1. The van der Waals surface area contributed by atoms with Gasteiger partial charge in [-0.2, -0.15) is 5.10 Å². The number of carbonyl (C=O) groups is 1. The van der Waals surface area contributed by atoms with Crippen LogP contribution in [0, 0.1) is 5.92 Å². The molecule has 6 nitrogen and oxygen atoms in total. The van der Waals surface area contributed by atoms with E-state index in [0.29, 0.717) is 5.92 Å². The molecule has 1 spiro atoms. The fourth-order valence-corrected chi connectivity index (χ4v) is 4.94. The Bertz CT molecular complexity index is 1100. The molecule has 1 aliphatic carbocycles. The number of carbonyl (C=O) groups excluding carboxylic acids is 1. The van der Waals surface area contributed by atoms with E-state index >= 15 is 0 Å². The third kappa shape index (κ3) is 2.89. The van der Waals surface area contributed by atoms with Crippen molar-refractivity contribution in [3.05, 3.63) is 48.3 Å². The van der Waals surface area contributed by atoms with Crippen LogP contribution in [0.3, 0.4) is 0 Å². The van der Waals surface area contributed by atoms with Gasteiger partial charge in [-0.3, -0.25) is 9.67 Å². The number of hydrogen-bond donors (Lipinski definition) is 1. The molecular weight excluding hydrogens is 362 g/mol. The molecule has 6 rings (SSSR count). The fourth-order valence-electron chi connectivity index (χ4n) is 4.94. The summed E-state index contributed by atoms with van der Waals surface area (Å²) in [6.45, 7) is 3.38. The van der Waals surface area contributed by atoms with Gasteiger partial charge in [0, 0.05) is 54.4 Å². The first-order valence-electron chi connectivity index (χ1n) is 10.7. The van der Waals surface area contributed by atoms with Crippen molar-refractivity contribution in [2.75, 3.05) is 19.6 Å². The SMILES string of the molecule is O=C(NCC1CC1)N1CCC2(CCn3nc(-c4cnc5ccccc5c4)cc32)C1. The summed E-state index contributed by atoms with van der Waals surface area (Å²) in [7, 11) is 0. The van der Waals surface area contributed by atoms with Gasteiger partial charge in [-0.25, -0.2) is 4.79 Å². The van der Waals surface area contributed by atoms with Gasteiger partial charge >= 0.3 is 6.03 Å². The average Bonchev–Trinajstić information content (AvgIpc) is 3.18. The third-order valence-electron chi connectivity index (χ3n) is 6.89. The molecule has 1 N–H and O–H groups in total. The molecule has 1 unspecified atom stereocenters. The number of hydrogen-bond acceptors (Lipinski definition) is 3. The van der Waals surface area contributed by atoms with E-state index in [4.69, 9.17) is 5.10 Å². The number of fused-ring (bicyclic) bond motifs is 3. The molecule has 1 saturated carbocycles. The minimum atomic E-state index is 0.0481. The molecule has 4 heterocycles. The molecule has 6 heteroatoms. The summed E-state index contributed by atoms with van der Waals surface area (Å²) in [6, 6.07) is 12.7. The largest absolute Gasteiger partial charge is 0.338 e. The third-order valence-corrected chi connectivity index (χ3v) is 6.89. The topological polar surface area (TPSA) is 63.1 Å². The second-order valence-corrected chi connectivity index (χ2v) is 8.89. The normalized spacial score (nSPS) is 23.1. The number of aromatic nitrogens is 3. The van der Waals surface area contributed by atoms with Gasteiger partial charge in [0.25, 0.3) is 0 Å². The lowest BCUT2D eigenvalue weighted by Crippen LogP contribution is -2.41. The highest BCUT2D eigenvalue weighted by Crippen LogP contribution is 2.43. The Morgan fingerprint density at radius 2 is 2.03 bits per heavy atom. The van der Waals surface area contributed by atoms with Gasteiger partial charge in [-0.05, 0) is 49.8 Å². The minimum absolute atomic E-state index is 0.0481. The number of aryl methyl sites for hydroxylation is 1. The average molecular weight is 387 g/mol. The van der Waals surface area contributed by atoms with Crippen LogP contribution in [0.25, 0.3) is 22.2 Å². The number of amides is 2. The lowest BCUT2D eigenvalue weighted by atomic mass is 9.82. The van der Waals surface area contributed by atoms with Crippen molar-refractivity contribution in [3.8, 4) is 11.3 Å². The zero-order valence-corrected chi connectivity index (χ0v) is 16.5. The van der Waals surface area contributed by atoms with E-state index in [1.54, 1.807) is 0 Å². The molecule has 1 aromatic carbocycles. The van der Waals surface area contributed by atoms with Gasteiger partial charge in [0.2, 0.25) is 0 Å². The molecule has 0 bridgehead atoms. The second-order valence-electron chi connectivity index (χ2n) is 8.89. The predicted octanol–water partition coefficient (Wildman–Crippen LogP) is 3.57. The summed E-state index contributed by atoms with van der Waals surface area (Å²) in [6.07, 6.45) is 6.52. The summed E-state index contributed by atoms with van der Waals surface area (Å²) >= 11 is 0. The maximum absolute atomic E-state index is 12.6. The van der Waals surface area contributed by atoms with Crippen molar-refractivity contribution >= 4 is 16.9 Å². The number of urea groups is 1. The second kappa shape index (κ2) is 6.31. The van der Waals surface area contributed by atoms with Crippen LogP contribution in [-0.2, 0) is 12.0 Å². The maximum atomic E-state index is 12.6. The van der Waals surface area contributed by atoms with Crippen LogP contribution in [0.5, 0.6) is 0 Å². The van der Waals surface area contributed by atoms with Crippen molar-refractivity contribution in [1.29, 1.82) is 0 Å². The number of nitrogens with one attached hydrogen (secondary N) is 1. The van der Waals surface area contributed by atoms with Crippen molar-refractivity contribution in [2.45, 2.75) is 37.6 Å². The van der Waals surface area contributed by atoms with E-state index in [2.05, 4.69) is 33.2 Å². The number of para-hydroxylation sites is 1. The first kappa shape index (κ1) is 17.0. The molecule has 2 fully saturated rings. The van der Waals surface area contributed by atoms with Crippen LogP contribution >= 0.6 is 0 Å². The Morgan fingerprint density at radius 3 is 2.93 bits per heavy atom. The molecular formula is C23H25N5O. The Labute approximate surface area is 169 Å². The van der Waals surface area contributed by atoms with Crippen LogP contribution in [0.1, 0.15) is 31.4 Å². The number of pyridine rings is 1. The predicted molar refractivity (Wildman–Crippen MR) is 112 cm³/mol. The highest BCUT2D eigenvalue weighted by atomic mass is 16.2.